The van der Waals surface area contributed by atoms with Crippen LogP contribution < -0.4 is 4.74 Å². The highest BCUT2D eigenvalue weighted by atomic mass is 32.2. The van der Waals surface area contributed by atoms with Crippen LogP contribution in [-0.4, -0.2) is 63.0 Å². The summed E-state index contributed by atoms with van der Waals surface area (Å²) in [7, 11) is -2.07. The van der Waals surface area contributed by atoms with Crippen molar-refractivity contribution in [3.05, 3.63) is 94.9 Å². The number of H-pyrrole nitrogens is 1. The van der Waals surface area contributed by atoms with Crippen molar-refractivity contribution >= 4 is 26.7 Å². The molecule has 0 saturated heterocycles. The number of aromatic amines is 1. The Morgan fingerprint density at radius 3 is 2.64 bits per heavy atom. The van der Waals surface area contributed by atoms with E-state index >= 15 is 8.78 Å². The first-order valence-electron chi connectivity index (χ1n) is 16.4. The zero-order valence-electron chi connectivity index (χ0n) is 28.6. The molecule has 0 aliphatic carbocycles. The number of benzene rings is 3. The van der Waals surface area contributed by atoms with Gasteiger partial charge >= 0.3 is 5.97 Å². The minimum Gasteiger partial charge on any atom is -0.481 e. The molecule has 1 aliphatic heterocycles. The van der Waals surface area contributed by atoms with Crippen LogP contribution in [0.4, 0.5) is 8.78 Å². The van der Waals surface area contributed by atoms with Gasteiger partial charge in [-0.15, -0.1) is 0 Å². The van der Waals surface area contributed by atoms with Crippen molar-refractivity contribution in [1.82, 2.24) is 19.7 Å². The second-order valence-electron chi connectivity index (χ2n) is 13.9. The third-order valence-electron chi connectivity index (χ3n) is 9.37. The maximum atomic E-state index is 15.7. The van der Waals surface area contributed by atoms with Crippen LogP contribution in [-0.2, 0) is 44.7 Å². The third-order valence-corrected chi connectivity index (χ3v) is 11.3. The van der Waals surface area contributed by atoms with Crippen molar-refractivity contribution < 1.29 is 36.6 Å². The lowest BCUT2D eigenvalue weighted by Crippen LogP contribution is -2.37. The Kier molecular flexibility index (Phi) is 9.33. The van der Waals surface area contributed by atoms with Crippen molar-refractivity contribution in [2.24, 2.45) is 13.0 Å². The number of carboxylic acids is 1. The molecule has 2 N–H and O–H groups in total. The van der Waals surface area contributed by atoms with E-state index in [4.69, 9.17) is 19.6 Å². The fourth-order valence-electron chi connectivity index (χ4n) is 6.59. The maximum absolute atomic E-state index is 15.7. The Labute approximate surface area is 289 Å². The summed E-state index contributed by atoms with van der Waals surface area (Å²) in [4.78, 5) is 19.4. The van der Waals surface area contributed by atoms with Crippen molar-refractivity contribution in [3.8, 4) is 22.9 Å². The number of aryl methyl sites for hydroxylation is 2. The molecule has 13 heteroatoms. The summed E-state index contributed by atoms with van der Waals surface area (Å²) in [6.07, 6.45) is 2.24. The summed E-state index contributed by atoms with van der Waals surface area (Å²) in [5, 5.41) is 14.9. The SMILES string of the molecule is CC(Cc1cccc(C2(C)CCOC(C)(C)CS(=O)(=O)CCc3c(c(F)cc4[nH]ccc34)Oc3ccc(F)c(c3)-c3nc2nn3C)c1)C(=O)O. The van der Waals surface area contributed by atoms with E-state index in [1.54, 1.807) is 40.1 Å². The quantitative estimate of drug-likeness (QED) is 0.209. The largest absolute Gasteiger partial charge is 0.481 e. The van der Waals surface area contributed by atoms with Crippen molar-refractivity contribution in [2.75, 3.05) is 18.1 Å². The van der Waals surface area contributed by atoms with Crippen LogP contribution in [0.2, 0.25) is 0 Å². The summed E-state index contributed by atoms with van der Waals surface area (Å²) in [6.45, 7) is 7.11. The van der Waals surface area contributed by atoms with E-state index in [0.717, 1.165) is 11.1 Å². The smallest absolute Gasteiger partial charge is 0.306 e. The average molecular weight is 707 g/mol. The van der Waals surface area contributed by atoms with Crippen LogP contribution >= 0.6 is 0 Å². The van der Waals surface area contributed by atoms with Crippen molar-refractivity contribution in [2.45, 2.75) is 58.0 Å². The number of nitrogens with zero attached hydrogens (tertiary/aromatic N) is 3. The van der Waals surface area contributed by atoms with E-state index in [0.29, 0.717) is 35.1 Å². The standard InChI is InChI=1S/C37H40F2N4O6S/c1-22(34(44)45)17-23-7-6-8-24(18-23)37(4)13-15-48-36(2,3)21-50(46,47)16-12-27-26-11-14-40-31(26)20-30(39)32(27)49-25-9-10-29(38)28(19-25)33-41-35(37)42-43(33)5/h6-11,14,18-20,22,40H,12-13,15-17,21H2,1-5H3,(H,44,45). The Morgan fingerprint density at radius 1 is 1.10 bits per heavy atom. The second kappa shape index (κ2) is 13.3. The minimum atomic E-state index is -3.72. The number of aliphatic carboxylic acids is 1. The van der Waals surface area contributed by atoms with Crippen molar-refractivity contribution in [3.63, 3.8) is 0 Å². The molecule has 0 amide bonds. The number of hydrogen-bond acceptors (Lipinski definition) is 7. The molecule has 3 aromatic carbocycles. The van der Waals surface area contributed by atoms with Gasteiger partial charge in [0.25, 0.3) is 0 Å². The van der Waals surface area contributed by atoms with E-state index in [1.165, 1.54) is 28.9 Å². The van der Waals surface area contributed by atoms with Crippen LogP contribution in [0.15, 0.2) is 60.8 Å². The van der Waals surface area contributed by atoms with Gasteiger partial charge in [0.15, 0.2) is 33.1 Å². The monoisotopic (exact) mass is 706 g/mol. The normalized spacial score (nSPS) is 19.9. The molecule has 1 aliphatic rings. The number of aromatic nitrogens is 4. The molecule has 5 aromatic rings. The molecular formula is C37H40F2N4O6S. The number of sulfone groups is 1. The summed E-state index contributed by atoms with van der Waals surface area (Å²) in [5.74, 6) is -2.85. The number of fused-ring (bicyclic) bond motifs is 8. The van der Waals surface area contributed by atoms with Gasteiger partial charge in [0.05, 0.1) is 34.0 Å². The molecule has 0 fully saturated rings. The highest BCUT2D eigenvalue weighted by Crippen LogP contribution is 2.39. The van der Waals surface area contributed by atoms with Gasteiger partial charge in [-0.3, -0.25) is 4.79 Å². The lowest BCUT2D eigenvalue weighted by Gasteiger charge is -2.31. The second-order valence-corrected chi connectivity index (χ2v) is 16.1. The van der Waals surface area contributed by atoms with Gasteiger partial charge in [0, 0.05) is 42.4 Å². The minimum absolute atomic E-state index is 0.0323. The van der Waals surface area contributed by atoms with E-state index in [1.807, 2.05) is 31.2 Å². The van der Waals surface area contributed by atoms with Crippen LogP contribution in [0.5, 0.6) is 11.5 Å². The summed E-state index contributed by atoms with van der Waals surface area (Å²) in [6, 6.07) is 14.5. The van der Waals surface area contributed by atoms with Gasteiger partial charge in [-0.2, -0.15) is 5.10 Å². The molecule has 3 heterocycles. The summed E-state index contributed by atoms with van der Waals surface area (Å²) < 4.78 is 72.1. The zero-order chi connectivity index (χ0) is 36.0. The highest BCUT2D eigenvalue weighted by molar-refractivity contribution is 7.91. The first-order chi connectivity index (χ1) is 23.5. The molecule has 0 saturated carbocycles. The first-order valence-corrected chi connectivity index (χ1v) is 18.2. The van der Waals surface area contributed by atoms with Gasteiger partial charge in [-0.1, -0.05) is 31.2 Å². The van der Waals surface area contributed by atoms with Gasteiger partial charge in [0.2, 0.25) is 0 Å². The Bertz CT molecular complexity index is 2200. The molecule has 264 valence electrons. The van der Waals surface area contributed by atoms with E-state index in [9.17, 15) is 18.3 Å². The van der Waals surface area contributed by atoms with Gasteiger partial charge in [-0.25, -0.2) is 26.9 Å². The predicted molar refractivity (Wildman–Crippen MR) is 185 cm³/mol. The van der Waals surface area contributed by atoms with E-state index < -0.39 is 44.4 Å². The lowest BCUT2D eigenvalue weighted by molar-refractivity contribution is -0.141. The Balaban J connectivity index is 1.50. The van der Waals surface area contributed by atoms with Gasteiger partial charge < -0.3 is 19.6 Å². The number of rotatable bonds is 4. The maximum Gasteiger partial charge on any atom is 0.306 e. The number of carbonyl (C=O) groups is 1. The van der Waals surface area contributed by atoms with Crippen LogP contribution in [0.1, 0.15) is 56.6 Å². The van der Waals surface area contributed by atoms with Crippen LogP contribution in [0, 0.1) is 17.6 Å². The first kappa shape index (κ1) is 35.2. The third kappa shape index (κ3) is 7.15. The predicted octanol–water partition coefficient (Wildman–Crippen LogP) is 6.76. The fraction of sp³-hybridized carbons (Fsp3) is 0.378. The number of hydrogen-bond donors (Lipinski definition) is 2. The van der Waals surface area contributed by atoms with Gasteiger partial charge in [0.1, 0.15) is 11.6 Å². The molecular weight excluding hydrogens is 666 g/mol. The number of carboxylic acid groups (broad SMARTS) is 1. The molecule has 2 aromatic heterocycles. The molecule has 0 spiro atoms. The molecule has 2 unspecified atom stereocenters. The van der Waals surface area contributed by atoms with Crippen LogP contribution in [0.3, 0.4) is 0 Å². The highest BCUT2D eigenvalue weighted by Gasteiger charge is 2.36. The number of ether oxygens (including phenoxy) is 2. The van der Waals surface area contributed by atoms with E-state index in [2.05, 4.69) is 4.98 Å². The topological polar surface area (TPSA) is 136 Å². The summed E-state index contributed by atoms with van der Waals surface area (Å²) in [5.41, 5.74) is 0.513. The molecule has 4 bridgehead atoms. The average Bonchev–Trinajstić information content (AvgIpc) is 3.67. The zero-order valence-corrected chi connectivity index (χ0v) is 29.4. The van der Waals surface area contributed by atoms with Crippen LogP contribution in [0.25, 0.3) is 22.3 Å². The Hall–Kier alpha value is -4.62. The lowest BCUT2D eigenvalue weighted by atomic mass is 9.78. The molecule has 10 nitrogen and oxygen atoms in total. The molecule has 50 heavy (non-hydrogen) atoms. The van der Waals surface area contributed by atoms with Gasteiger partial charge in [-0.05, 0) is 75.4 Å². The van der Waals surface area contributed by atoms with E-state index in [-0.39, 0.29) is 47.4 Å². The Morgan fingerprint density at radius 2 is 1.88 bits per heavy atom. The molecule has 2 atom stereocenters. The molecule has 6 rings (SSSR count). The fourth-order valence-corrected chi connectivity index (χ4v) is 8.39. The molecule has 0 radical (unpaired) electrons. The summed E-state index contributed by atoms with van der Waals surface area (Å²) >= 11 is 0. The van der Waals surface area contributed by atoms with Crippen molar-refractivity contribution in [1.29, 1.82) is 0 Å². The number of halogens is 2. The number of nitrogens with one attached hydrogen (secondary N) is 1.